The zero-order valence-corrected chi connectivity index (χ0v) is 79.9. The number of aliphatic hydroxyl groups excluding tert-OH is 3. The quantitative estimate of drug-likeness (QED) is 0.0126. The highest BCUT2D eigenvalue weighted by atomic mass is 33.1. The van der Waals surface area contributed by atoms with Crippen molar-refractivity contribution >= 4 is 134 Å². The molecule has 17 amide bonds. The Morgan fingerprint density at radius 2 is 1.04 bits per heavy atom. The van der Waals surface area contributed by atoms with Crippen molar-refractivity contribution in [3.05, 3.63) is 35.9 Å². The number of hydrogen-bond donors (Lipinski definition) is 21. The molecule has 0 unspecified atom stereocenters. The largest absolute Gasteiger partial charge is 0.480 e. The van der Waals surface area contributed by atoms with Gasteiger partial charge >= 0.3 is 5.97 Å². The predicted octanol–water partition coefficient (Wildman–Crippen LogP) is -5.74. The minimum Gasteiger partial charge on any atom is -0.480 e. The molecule has 6 heterocycles. The molecule has 0 saturated carbocycles. The van der Waals surface area contributed by atoms with Gasteiger partial charge in [-0.15, -0.1) is 0 Å². The number of nitrogens with one attached hydrogen (secondary N) is 12. The highest BCUT2D eigenvalue weighted by Gasteiger charge is 2.49. The van der Waals surface area contributed by atoms with Crippen molar-refractivity contribution in [1.82, 2.24) is 88.3 Å². The van der Waals surface area contributed by atoms with E-state index in [4.69, 9.17) is 28.7 Å². The van der Waals surface area contributed by atoms with Crippen LogP contribution in [0.1, 0.15) is 189 Å². The van der Waals surface area contributed by atoms with Crippen LogP contribution >= 0.6 is 21.6 Å². The number of benzene rings is 1. The molecular formula is C88H143N23O22S2. The molecule has 26 N–H and O–H groups in total. The van der Waals surface area contributed by atoms with Gasteiger partial charge in [-0.3, -0.25) is 86.5 Å². The monoisotopic (exact) mass is 1940 g/mol. The maximum atomic E-state index is 15.3. The summed E-state index contributed by atoms with van der Waals surface area (Å²) in [4.78, 5) is 270. The van der Waals surface area contributed by atoms with Crippen molar-refractivity contribution in [2.45, 2.75) is 299 Å². The number of amides is 17. The van der Waals surface area contributed by atoms with Crippen molar-refractivity contribution in [2.75, 3.05) is 83.6 Å². The number of nitrogens with zero attached hydrogens (tertiary/aromatic N) is 6. The Labute approximate surface area is 794 Å². The molecule has 6 aliphatic rings. The number of carboxylic acids is 1. The first kappa shape index (κ1) is 111. The second-order valence-electron chi connectivity index (χ2n) is 35.9. The summed E-state index contributed by atoms with van der Waals surface area (Å²) in [6.07, 6.45) is 2.27. The number of aliphatic hydroxyl groups is 3. The number of carbonyl (C=O) groups excluding carboxylic acids is 17. The van der Waals surface area contributed by atoms with Gasteiger partial charge in [0, 0.05) is 57.2 Å². The predicted molar refractivity (Wildman–Crippen MR) is 499 cm³/mol. The van der Waals surface area contributed by atoms with Gasteiger partial charge in [0.1, 0.15) is 96.7 Å². The van der Waals surface area contributed by atoms with E-state index in [1.54, 1.807) is 71.9 Å². The van der Waals surface area contributed by atoms with E-state index in [0.29, 0.717) is 50.5 Å². The molecule has 47 heteroatoms. The third kappa shape index (κ3) is 32.5. The van der Waals surface area contributed by atoms with Gasteiger partial charge in [0.05, 0.1) is 31.9 Å². The summed E-state index contributed by atoms with van der Waals surface area (Å²) in [7, 11) is 1.87. The Bertz CT molecular complexity index is 4270. The molecule has 135 heavy (non-hydrogen) atoms. The number of guanidine groups is 1. The van der Waals surface area contributed by atoms with E-state index in [-0.39, 0.29) is 172 Å². The molecule has 6 aliphatic heterocycles. The van der Waals surface area contributed by atoms with Crippen molar-refractivity contribution < 1.29 is 107 Å². The Morgan fingerprint density at radius 1 is 0.519 bits per heavy atom. The summed E-state index contributed by atoms with van der Waals surface area (Å²) < 4.78 is 0. The van der Waals surface area contributed by atoms with Gasteiger partial charge in [0.15, 0.2) is 5.96 Å². The molecule has 0 spiro atoms. The van der Waals surface area contributed by atoms with Crippen LogP contribution in [-0.2, 0) is 92.7 Å². The van der Waals surface area contributed by atoms with Crippen molar-refractivity contribution in [3.63, 3.8) is 0 Å². The van der Waals surface area contributed by atoms with Crippen LogP contribution in [0, 0.1) is 17.8 Å². The normalized spacial score (nSPS) is 25.1. The number of rotatable bonds is 39. The van der Waals surface area contributed by atoms with E-state index in [1.807, 2.05) is 0 Å². The second-order valence-corrected chi connectivity index (χ2v) is 38.5. The third-order valence-electron chi connectivity index (χ3n) is 25.3. The van der Waals surface area contributed by atoms with Crippen LogP contribution in [0.2, 0.25) is 0 Å². The minimum atomic E-state index is -1.75. The molecule has 6 fully saturated rings. The summed E-state index contributed by atoms with van der Waals surface area (Å²) >= 11 is 0. The molecule has 45 nitrogen and oxygen atoms in total. The van der Waals surface area contributed by atoms with Crippen LogP contribution in [0.15, 0.2) is 35.3 Å². The van der Waals surface area contributed by atoms with Gasteiger partial charge in [-0.25, -0.2) is 4.79 Å². The van der Waals surface area contributed by atoms with Gasteiger partial charge in [-0.2, -0.15) is 0 Å². The minimum absolute atomic E-state index is 0.00154. The first-order chi connectivity index (χ1) is 64.3. The lowest BCUT2D eigenvalue weighted by molar-refractivity contribution is -0.149. The molecule has 754 valence electrons. The summed E-state index contributed by atoms with van der Waals surface area (Å²) in [6.45, 7) is 9.60. The lowest BCUT2D eigenvalue weighted by atomic mass is 9.96. The molecule has 1 aromatic rings. The highest BCUT2D eigenvalue weighted by molar-refractivity contribution is 8.76. The van der Waals surface area contributed by atoms with Gasteiger partial charge in [-0.1, -0.05) is 106 Å². The van der Waals surface area contributed by atoms with Gasteiger partial charge in [0.25, 0.3) is 0 Å². The molecule has 0 radical (unpaired) electrons. The summed E-state index contributed by atoms with van der Waals surface area (Å²) in [5, 5.41) is 73.4. The van der Waals surface area contributed by atoms with E-state index >= 15 is 24.0 Å². The SMILES string of the molecule is CC[C@H](C)[C@@H]1NC(=O)[C@@H]2CCCN2C(=O)[C@@H]2CCCN2C(=O)[C@H]([C@@H](C)CC)NC(=O)[C@H](CO)NC(=O)[C@H](CCCCN)NC(=O)[C@H]([C@@H](C)O)NC(=O)[C@@H](N)CSSC[C@@H](C(=O)N[C@@H](CCCCN)C(=O)N[C@@H](CCCN=C(N)N)C(=O)N2CCC[C@H]2C(=O)N2CCC[C@H]2C(=O)NCC(=O)N[C@@H](Cc2ccccc2)C(=O)N[C@@H](CO)C(=O)N2CCC[C@H]2C(=O)N[C@@H](CC(C)C)C(=O)O)NC1=O. The van der Waals surface area contributed by atoms with Crippen LogP contribution in [0.3, 0.4) is 0 Å². The topological polar surface area (TPSA) is 691 Å². The van der Waals surface area contributed by atoms with Crippen LogP contribution in [0.4, 0.5) is 0 Å². The highest BCUT2D eigenvalue weighted by Crippen LogP contribution is 2.31. The van der Waals surface area contributed by atoms with Crippen molar-refractivity contribution in [2.24, 2.45) is 51.4 Å². The number of nitrogens with two attached hydrogens (primary N) is 5. The zero-order chi connectivity index (χ0) is 99.4. The van der Waals surface area contributed by atoms with Gasteiger partial charge in [-0.05, 0) is 165 Å². The Kier molecular flexibility index (Phi) is 45.9. The number of fused-ring (bicyclic) bond motifs is 2. The zero-order valence-electron chi connectivity index (χ0n) is 78.3. The standard InChI is InChI=1S/C88H143N23O22S2/c1-8-49(5)68-80(125)103-61(47-135-134-46-53(91)71(116)106-70(51(7)114)81(126)98-55(26-14-16-34-90)73(118)101-59(44-112)75(120)105-69(50(6)9-2)86(131)111-40-22-32-66(111)85(130)109-38-20-30-64(109)79(124)104-68)76(121)97-54(25-13-15-33-89)72(117)99-56(27-17-35-94-88(92)93)82(127)110-39-21-31-65(110)84(129)108-37-18-28-62(108)77(122)95-43-67(115)96-57(42-52-23-11-10-12-24-52)74(119)102-60(45-113)83(128)107-36-19-29-63(107)78(123)100-58(87(132)133)41-48(3)4/h10-12,23-24,48-51,53-66,68-70,112-114H,8-9,13-22,25-47,89-91H2,1-7H3,(H,95,122)(H,96,115)(H,97,121)(H,98,126)(H,99,117)(H,100,123)(H,101,118)(H,102,119)(H,103,125)(H,104,124)(H,105,120)(H,106,116)(H,132,133)(H4,92,93,94)/t49-,50-,51+,53-,54-,55-,56-,57-,58-,59-,60-,61-,62-,63-,64-,65-,66-,68-,69-,70-/m0/s1. The molecule has 0 aliphatic carbocycles. The first-order valence-electron chi connectivity index (χ1n) is 47.1. The second kappa shape index (κ2) is 55.6. The molecular weight excluding hydrogens is 1800 g/mol. The average molecular weight is 1940 g/mol. The fourth-order valence-corrected chi connectivity index (χ4v) is 19.6. The first-order valence-corrected chi connectivity index (χ1v) is 49.6. The number of likely N-dealkylation sites (tertiary alicyclic amines) is 3. The van der Waals surface area contributed by atoms with Gasteiger partial charge in [0.2, 0.25) is 100 Å². The average Bonchev–Trinajstić information content (AvgIpc) is 1.65. The molecule has 6 saturated heterocycles. The molecule has 1 aromatic carbocycles. The molecule has 0 aromatic heterocycles. The van der Waals surface area contributed by atoms with E-state index in [2.05, 4.69) is 68.8 Å². The Morgan fingerprint density at radius 3 is 1.66 bits per heavy atom. The number of unbranched alkanes of at least 4 members (excludes halogenated alkanes) is 2. The van der Waals surface area contributed by atoms with Crippen LogP contribution < -0.4 is 92.5 Å². The molecule has 7 rings (SSSR count). The maximum absolute atomic E-state index is 15.3. The third-order valence-corrected chi connectivity index (χ3v) is 27.8. The Hall–Kier alpha value is -10.6. The number of carboxylic acid groups (broad SMARTS) is 1. The van der Waals surface area contributed by atoms with E-state index in [1.165, 1.54) is 26.5 Å². The fraction of sp³-hybridized carbons (Fsp3) is 0.716. The number of aliphatic carboxylic acids is 1. The summed E-state index contributed by atoms with van der Waals surface area (Å²) in [5.74, 6) is -17.6. The van der Waals surface area contributed by atoms with Crippen LogP contribution in [0.25, 0.3) is 0 Å². The van der Waals surface area contributed by atoms with Crippen LogP contribution in [-0.4, -0.2) is 350 Å². The number of aliphatic imine (C=N–C) groups is 1. The Balaban J connectivity index is 1.11. The van der Waals surface area contributed by atoms with Crippen molar-refractivity contribution in [3.8, 4) is 0 Å². The van der Waals surface area contributed by atoms with E-state index < -0.39 is 247 Å². The van der Waals surface area contributed by atoms with Crippen LogP contribution in [0.5, 0.6) is 0 Å². The lowest BCUT2D eigenvalue weighted by Crippen LogP contribution is -2.62. The smallest absolute Gasteiger partial charge is 0.326 e. The molecule has 20 atom stereocenters. The maximum Gasteiger partial charge on any atom is 0.326 e. The van der Waals surface area contributed by atoms with E-state index in [0.717, 1.165) is 26.5 Å². The summed E-state index contributed by atoms with van der Waals surface area (Å²) in [5.41, 5.74) is 30.2. The lowest BCUT2D eigenvalue weighted by Gasteiger charge is -2.35. The summed E-state index contributed by atoms with van der Waals surface area (Å²) in [6, 6.07) is -15.2. The number of hydrogen-bond acceptors (Lipinski definition) is 27. The van der Waals surface area contributed by atoms with Crippen molar-refractivity contribution in [1.29, 1.82) is 0 Å². The molecule has 0 bridgehead atoms. The van der Waals surface area contributed by atoms with Gasteiger partial charge < -0.3 is 137 Å². The van der Waals surface area contributed by atoms with E-state index in [9.17, 15) is 82.8 Å². The fourth-order valence-electron chi connectivity index (χ4n) is 17.3. The number of carbonyl (C=O) groups is 18.